The zero-order valence-electron chi connectivity index (χ0n) is 21.7. The van der Waals surface area contributed by atoms with Gasteiger partial charge in [-0.1, -0.05) is 90.6 Å². The van der Waals surface area contributed by atoms with E-state index in [1.165, 1.54) is 56.3 Å². The van der Waals surface area contributed by atoms with Crippen LogP contribution in [0.3, 0.4) is 0 Å². The lowest BCUT2D eigenvalue weighted by molar-refractivity contribution is -0.0331. The third kappa shape index (κ3) is 9.70. The van der Waals surface area contributed by atoms with Gasteiger partial charge in [0.15, 0.2) is 0 Å². The zero-order valence-corrected chi connectivity index (χ0v) is 21.7. The van der Waals surface area contributed by atoms with Crippen molar-refractivity contribution in [2.45, 2.75) is 136 Å². The number of amides is 2. The molecule has 0 spiro atoms. The molecule has 0 aromatic rings. The minimum Gasteiger partial charge on any atom is -0.443 e. The number of allylic oxidation sites excluding steroid dienone is 1. The maximum absolute atomic E-state index is 13.2. The van der Waals surface area contributed by atoms with Gasteiger partial charge in [-0.25, -0.2) is 14.5 Å². The van der Waals surface area contributed by atoms with Crippen LogP contribution in [-0.2, 0) is 9.47 Å². The number of unbranched alkanes of at least 4 members (excludes halogenated alkanes) is 6. The first kappa shape index (κ1) is 27.7. The van der Waals surface area contributed by atoms with Crippen LogP contribution < -0.4 is 0 Å². The van der Waals surface area contributed by atoms with Gasteiger partial charge in [0.2, 0.25) is 0 Å². The van der Waals surface area contributed by atoms with Crippen LogP contribution in [-0.4, -0.2) is 29.2 Å². The second-order valence-corrected chi connectivity index (χ2v) is 10.7. The molecule has 0 atom stereocenters. The molecule has 5 nitrogen and oxygen atoms in total. The topological polar surface area (TPSA) is 55.8 Å². The van der Waals surface area contributed by atoms with Gasteiger partial charge in [-0.05, 0) is 51.9 Å². The summed E-state index contributed by atoms with van der Waals surface area (Å²) in [7, 11) is 0. The number of nitrogens with zero attached hydrogens (tertiary/aromatic N) is 1. The largest absolute Gasteiger partial charge is 0.443 e. The average molecular weight is 464 g/mol. The molecule has 0 heterocycles. The molecular formula is C28H49NO4. The molecule has 2 amide bonds. The van der Waals surface area contributed by atoms with Crippen LogP contribution in [0.15, 0.2) is 12.3 Å². The Morgan fingerprint density at radius 2 is 1.36 bits per heavy atom. The number of carbonyl (C=O) groups excluding carboxylic acids is 2. The highest BCUT2D eigenvalue weighted by molar-refractivity contribution is 5.88. The van der Waals surface area contributed by atoms with Gasteiger partial charge in [-0.2, -0.15) is 0 Å². The molecule has 2 saturated carbocycles. The molecule has 2 rings (SSSR count). The zero-order chi connectivity index (χ0) is 24.1. The molecular weight excluding hydrogens is 414 g/mol. The van der Waals surface area contributed by atoms with Crippen molar-refractivity contribution in [3.8, 4) is 0 Å². The Bertz CT molecular complexity index is 603. The normalized spacial score (nSPS) is 18.0. The molecule has 0 unspecified atom stereocenters. The van der Waals surface area contributed by atoms with E-state index in [9.17, 15) is 9.59 Å². The van der Waals surface area contributed by atoms with Gasteiger partial charge in [0.1, 0.15) is 11.4 Å². The van der Waals surface area contributed by atoms with Crippen molar-refractivity contribution in [3.63, 3.8) is 0 Å². The number of imide groups is 1. The lowest BCUT2D eigenvalue weighted by atomic mass is 9.79. The second-order valence-electron chi connectivity index (χ2n) is 10.7. The standard InChI is InChI=1S/C28H49NO4/c1-5-6-7-8-9-10-17-22-29(26(30)32-23(2)24-18-13-11-14-19-24)27(31)33-28(3,4)25-20-15-12-16-21-25/h24-25H,2,5-22H2,1,3-4H3. The van der Waals surface area contributed by atoms with Crippen LogP contribution in [0.2, 0.25) is 0 Å². The van der Waals surface area contributed by atoms with Crippen molar-refractivity contribution in [3.05, 3.63) is 12.3 Å². The highest BCUT2D eigenvalue weighted by atomic mass is 16.6. The third-order valence-electron chi connectivity index (χ3n) is 7.64. The average Bonchev–Trinajstić information content (AvgIpc) is 2.81. The predicted molar refractivity (Wildman–Crippen MR) is 134 cm³/mol. The van der Waals surface area contributed by atoms with E-state index in [0.29, 0.717) is 18.2 Å². The Morgan fingerprint density at radius 1 is 0.818 bits per heavy atom. The van der Waals surface area contributed by atoms with Gasteiger partial charge in [-0.15, -0.1) is 0 Å². The summed E-state index contributed by atoms with van der Waals surface area (Å²) < 4.78 is 11.6. The molecule has 0 N–H and O–H groups in total. The van der Waals surface area contributed by atoms with Gasteiger partial charge in [-0.3, -0.25) is 0 Å². The van der Waals surface area contributed by atoms with Crippen LogP contribution in [0, 0.1) is 11.8 Å². The fourth-order valence-electron chi connectivity index (χ4n) is 5.32. The molecule has 0 bridgehead atoms. The Hall–Kier alpha value is -1.52. The SMILES string of the molecule is C=C(OC(=O)N(CCCCCCCCC)C(=O)OC(C)(C)C1CCCCC1)C1CCCCC1. The Kier molecular flexibility index (Phi) is 12.3. The van der Waals surface area contributed by atoms with Crippen LogP contribution in [0.5, 0.6) is 0 Å². The minimum atomic E-state index is -0.624. The summed E-state index contributed by atoms with van der Waals surface area (Å²) >= 11 is 0. The fourth-order valence-corrected chi connectivity index (χ4v) is 5.32. The van der Waals surface area contributed by atoms with E-state index in [2.05, 4.69) is 13.5 Å². The second kappa shape index (κ2) is 14.7. The summed E-state index contributed by atoms with van der Waals surface area (Å²) in [5.74, 6) is 1.05. The lowest BCUT2D eigenvalue weighted by Gasteiger charge is -2.37. The molecule has 0 aliphatic heterocycles. The Balaban J connectivity index is 1.94. The molecule has 2 fully saturated rings. The van der Waals surface area contributed by atoms with Crippen LogP contribution >= 0.6 is 0 Å². The van der Waals surface area contributed by atoms with Crippen LogP contribution in [0.25, 0.3) is 0 Å². The van der Waals surface area contributed by atoms with Gasteiger partial charge in [0.25, 0.3) is 0 Å². The molecule has 0 aromatic heterocycles. The molecule has 0 radical (unpaired) electrons. The molecule has 0 saturated heterocycles. The van der Waals surface area contributed by atoms with Crippen molar-refractivity contribution >= 4 is 12.2 Å². The number of rotatable bonds is 12. The van der Waals surface area contributed by atoms with Gasteiger partial charge in [0, 0.05) is 12.5 Å². The maximum atomic E-state index is 13.2. The smallest absolute Gasteiger partial charge is 0.424 e. The molecule has 2 aliphatic rings. The van der Waals surface area contributed by atoms with Gasteiger partial charge < -0.3 is 9.47 Å². The first-order valence-electron chi connectivity index (χ1n) is 13.8. The monoisotopic (exact) mass is 463 g/mol. The van der Waals surface area contributed by atoms with Crippen LogP contribution in [0.4, 0.5) is 9.59 Å². The quantitative estimate of drug-likeness (QED) is 0.214. The summed E-state index contributed by atoms with van der Waals surface area (Å²) in [6.45, 7) is 10.5. The fraction of sp³-hybridized carbons (Fsp3) is 0.857. The Labute approximate surface area is 202 Å². The van der Waals surface area contributed by atoms with Crippen molar-refractivity contribution in [2.24, 2.45) is 11.8 Å². The summed E-state index contributed by atoms with van der Waals surface area (Å²) in [4.78, 5) is 27.4. The molecule has 33 heavy (non-hydrogen) atoms. The van der Waals surface area contributed by atoms with E-state index in [1.54, 1.807) is 0 Å². The van der Waals surface area contributed by atoms with Crippen molar-refractivity contribution < 1.29 is 19.1 Å². The first-order valence-corrected chi connectivity index (χ1v) is 13.8. The summed E-state index contributed by atoms with van der Waals surface area (Å²) in [6.07, 6.45) is 17.9. The summed E-state index contributed by atoms with van der Waals surface area (Å²) in [5.41, 5.74) is -0.587. The van der Waals surface area contributed by atoms with E-state index in [1.807, 2.05) is 13.8 Å². The number of hydrogen-bond donors (Lipinski definition) is 0. The van der Waals surface area contributed by atoms with Crippen molar-refractivity contribution in [1.82, 2.24) is 4.90 Å². The van der Waals surface area contributed by atoms with Gasteiger partial charge in [0.05, 0.1) is 0 Å². The van der Waals surface area contributed by atoms with E-state index in [4.69, 9.17) is 9.47 Å². The molecule has 190 valence electrons. The van der Waals surface area contributed by atoms with E-state index in [-0.39, 0.29) is 5.92 Å². The number of hydrogen-bond acceptors (Lipinski definition) is 4. The van der Waals surface area contributed by atoms with Crippen molar-refractivity contribution in [2.75, 3.05) is 6.54 Å². The lowest BCUT2D eigenvalue weighted by Crippen LogP contribution is -2.45. The van der Waals surface area contributed by atoms with Crippen LogP contribution in [0.1, 0.15) is 130 Å². The number of carbonyl (C=O) groups is 2. The van der Waals surface area contributed by atoms with Crippen molar-refractivity contribution in [1.29, 1.82) is 0 Å². The highest BCUT2D eigenvalue weighted by Crippen LogP contribution is 2.35. The first-order chi connectivity index (χ1) is 15.8. The summed E-state index contributed by atoms with van der Waals surface area (Å²) in [6, 6.07) is 0. The predicted octanol–water partition coefficient (Wildman–Crippen LogP) is 8.77. The van der Waals surface area contributed by atoms with E-state index < -0.39 is 17.8 Å². The minimum absolute atomic E-state index is 0.206. The van der Waals surface area contributed by atoms with E-state index >= 15 is 0 Å². The molecule has 0 aromatic carbocycles. The Morgan fingerprint density at radius 3 is 1.97 bits per heavy atom. The highest BCUT2D eigenvalue weighted by Gasteiger charge is 2.37. The molecule has 2 aliphatic carbocycles. The molecule has 5 heteroatoms. The van der Waals surface area contributed by atoms with E-state index in [0.717, 1.165) is 57.8 Å². The number of ether oxygens (including phenoxy) is 2. The summed E-state index contributed by atoms with van der Waals surface area (Å²) in [5, 5.41) is 0. The third-order valence-corrected chi connectivity index (χ3v) is 7.64. The van der Waals surface area contributed by atoms with Gasteiger partial charge >= 0.3 is 12.2 Å². The maximum Gasteiger partial charge on any atom is 0.424 e.